The number of nitrogens with zero attached hydrogens (tertiary/aromatic N) is 2. The number of hydrogen-bond donors (Lipinski definition) is 0. The highest BCUT2D eigenvalue weighted by Gasteiger charge is 1.93. The number of aromatic nitrogens is 1. The fourth-order valence-corrected chi connectivity index (χ4v) is 1.89. The summed E-state index contributed by atoms with van der Waals surface area (Å²) >= 11 is 7.28. The Morgan fingerprint density at radius 3 is 2.86 bits per heavy atom. The van der Waals surface area contributed by atoms with Gasteiger partial charge >= 0.3 is 0 Å². The predicted octanol–water partition coefficient (Wildman–Crippen LogP) is 3.55. The molecule has 2 aromatic rings. The lowest BCUT2D eigenvalue weighted by atomic mass is 10.4. The van der Waals surface area contributed by atoms with E-state index in [2.05, 4.69) is 9.98 Å². The third-order valence-corrected chi connectivity index (χ3v) is 2.73. The van der Waals surface area contributed by atoms with Gasteiger partial charge in [-0.3, -0.25) is 0 Å². The van der Waals surface area contributed by atoms with Gasteiger partial charge < -0.3 is 0 Å². The largest absolute Gasteiger partial charge is 0.237 e. The van der Waals surface area contributed by atoms with Crippen LogP contribution in [0.1, 0.15) is 4.88 Å². The highest BCUT2D eigenvalue weighted by atomic mass is 35.5. The number of aliphatic imine (C=N–C) groups is 1. The molecule has 0 aliphatic heterocycles. The number of pyridine rings is 1. The van der Waals surface area contributed by atoms with E-state index in [1.54, 1.807) is 12.4 Å². The lowest BCUT2D eigenvalue weighted by molar-refractivity contribution is 1.28. The zero-order valence-electron chi connectivity index (χ0n) is 7.22. The molecule has 4 heteroatoms. The van der Waals surface area contributed by atoms with Crippen LogP contribution in [0.4, 0.5) is 5.82 Å². The van der Waals surface area contributed by atoms with E-state index in [9.17, 15) is 0 Å². The molecule has 0 radical (unpaired) electrons. The number of hydrogen-bond acceptors (Lipinski definition) is 3. The molecule has 0 aliphatic carbocycles. The van der Waals surface area contributed by atoms with Crippen LogP contribution in [0.5, 0.6) is 0 Å². The van der Waals surface area contributed by atoms with Crippen LogP contribution in [0.15, 0.2) is 41.5 Å². The van der Waals surface area contributed by atoms with Crippen LogP contribution in [0.25, 0.3) is 0 Å². The topological polar surface area (TPSA) is 25.2 Å². The quantitative estimate of drug-likeness (QED) is 0.714. The fourth-order valence-electron chi connectivity index (χ4n) is 0.958. The van der Waals surface area contributed by atoms with Crippen molar-refractivity contribution in [1.29, 1.82) is 0 Å². The van der Waals surface area contributed by atoms with E-state index in [1.165, 1.54) is 11.3 Å². The molecule has 0 unspecified atom stereocenters. The van der Waals surface area contributed by atoms with Crippen LogP contribution in [0.2, 0.25) is 4.34 Å². The average molecular weight is 223 g/mol. The van der Waals surface area contributed by atoms with Gasteiger partial charge in [0.1, 0.15) is 0 Å². The van der Waals surface area contributed by atoms with E-state index in [4.69, 9.17) is 11.6 Å². The Hall–Kier alpha value is -1.19. The molecule has 0 N–H and O–H groups in total. The van der Waals surface area contributed by atoms with Gasteiger partial charge in [0.05, 0.1) is 4.34 Å². The number of thiophene rings is 1. The summed E-state index contributed by atoms with van der Waals surface area (Å²) in [6, 6.07) is 9.40. The minimum absolute atomic E-state index is 0.706. The molecule has 2 rings (SSSR count). The Labute approximate surface area is 90.9 Å². The van der Waals surface area contributed by atoms with Crippen LogP contribution in [0.3, 0.4) is 0 Å². The van der Waals surface area contributed by atoms with Crippen LogP contribution in [0, 0.1) is 0 Å². The van der Waals surface area contributed by atoms with Crippen molar-refractivity contribution < 1.29 is 0 Å². The molecule has 14 heavy (non-hydrogen) atoms. The Morgan fingerprint density at radius 2 is 2.21 bits per heavy atom. The maximum atomic E-state index is 5.78. The maximum Gasteiger partial charge on any atom is 0.151 e. The van der Waals surface area contributed by atoms with Crippen molar-refractivity contribution in [3.8, 4) is 0 Å². The Morgan fingerprint density at radius 1 is 1.29 bits per heavy atom. The van der Waals surface area contributed by atoms with Crippen molar-refractivity contribution in [2.75, 3.05) is 0 Å². The fraction of sp³-hybridized carbons (Fsp3) is 0. The number of rotatable bonds is 2. The molecule has 0 saturated heterocycles. The van der Waals surface area contributed by atoms with Gasteiger partial charge in [-0.2, -0.15) is 0 Å². The normalized spacial score (nSPS) is 10.9. The van der Waals surface area contributed by atoms with Crippen LogP contribution < -0.4 is 0 Å². The first kappa shape index (κ1) is 9.37. The predicted molar refractivity (Wildman–Crippen MR) is 60.8 cm³/mol. The first-order valence-electron chi connectivity index (χ1n) is 4.05. The molecule has 0 atom stereocenters. The SMILES string of the molecule is Clc1ccc(C=Nc2ccccn2)s1. The standard InChI is InChI=1S/C10H7ClN2S/c11-9-5-4-8(14-9)7-13-10-3-1-2-6-12-10/h1-7H. The third-order valence-electron chi connectivity index (χ3n) is 1.57. The lowest BCUT2D eigenvalue weighted by Gasteiger charge is -1.88. The maximum absolute atomic E-state index is 5.78. The smallest absolute Gasteiger partial charge is 0.151 e. The van der Waals surface area contributed by atoms with Gasteiger partial charge in [0, 0.05) is 17.3 Å². The second-order valence-corrected chi connectivity index (χ2v) is 4.33. The van der Waals surface area contributed by atoms with Crippen molar-refractivity contribution in [3.63, 3.8) is 0 Å². The summed E-state index contributed by atoms with van der Waals surface area (Å²) in [6.45, 7) is 0. The van der Waals surface area contributed by atoms with E-state index < -0.39 is 0 Å². The summed E-state index contributed by atoms with van der Waals surface area (Å²) in [5, 5.41) is 0. The Kier molecular flexibility index (Phi) is 2.91. The number of halogens is 1. The summed E-state index contributed by atoms with van der Waals surface area (Å²) in [5.41, 5.74) is 0. The minimum Gasteiger partial charge on any atom is -0.237 e. The van der Waals surface area contributed by atoms with Gasteiger partial charge in [0.2, 0.25) is 0 Å². The molecule has 0 aromatic carbocycles. The average Bonchev–Trinajstić information content (AvgIpc) is 2.63. The molecule has 0 bridgehead atoms. The van der Waals surface area contributed by atoms with E-state index in [-0.39, 0.29) is 0 Å². The van der Waals surface area contributed by atoms with Gasteiger partial charge in [0.15, 0.2) is 5.82 Å². The summed E-state index contributed by atoms with van der Waals surface area (Å²) < 4.78 is 0.771. The third kappa shape index (κ3) is 2.40. The monoisotopic (exact) mass is 222 g/mol. The molecule has 0 fully saturated rings. The van der Waals surface area contributed by atoms with Gasteiger partial charge in [-0.15, -0.1) is 11.3 Å². The molecule has 2 nitrogen and oxygen atoms in total. The zero-order chi connectivity index (χ0) is 9.80. The van der Waals surface area contributed by atoms with Crippen molar-refractivity contribution in [1.82, 2.24) is 4.98 Å². The second-order valence-electron chi connectivity index (χ2n) is 2.59. The van der Waals surface area contributed by atoms with E-state index >= 15 is 0 Å². The molecular weight excluding hydrogens is 216 g/mol. The molecule has 70 valence electrons. The van der Waals surface area contributed by atoms with Crippen molar-refractivity contribution >= 4 is 35.0 Å². The van der Waals surface area contributed by atoms with E-state index in [0.717, 1.165) is 9.21 Å². The van der Waals surface area contributed by atoms with Crippen LogP contribution in [-0.4, -0.2) is 11.2 Å². The van der Waals surface area contributed by atoms with Gasteiger partial charge in [-0.1, -0.05) is 17.7 Å². The van der Waals surface area contributed by atoms with Gasteiger partial charge in [-0.05, 0) is 24.3 Å². The molecule has 0 amide bonds. The van der Waals surface area contributed by atoms with Crippen LogP contribution >= 0.6 is 22.9 Å². The molecule has 0 spiro atoms. The van der Waals surface area contributed by atoms with Crippen molar-refractivity contribution in [2.24, 2.45) is 4.99 Å². The zero-order valence-corrected chi connectivity index (χ0v) is 8.79. The minimum atomic E-state index is 0.706. The molecule has 2 heterocycles. The van der Waals surface area contributed by atoms with E-state index in [0.29, 0.717) is 5.82 Å². The Balaban J connectivity index is 2.15. The summed E-state index contributed by atoms with van der Waals surface area (Å²) in [5.74, 6) is 0.706. The first-order chi connectivity index (χ1) is 6.84. The van der Waals surface area contributed by atoms with E-state index in [1.807, 2.05) is 30.3 Å². The van der Waals surface area contributed by atoms with Gasteiger partial charge in [-0.25, -0.2) is 9.98 Å². The van der Waals surface area contributed by atoms with Gasteiger partial charge in [0.25, 0.3) is 0 Å². The van der Waals surface area contributed by atoms with Crippen molar-refractivity contribution in [2.45, 2.75) is 0 Å². The molecular formula is C10H7ClN2S. The highest BCUT2D eigenvalue weighted by Crippen LogP contribution is 2.20. The highest BCUT2D eigenvalue weighted by molar-refractivity contribution is 7.17. The summed E-state index contributed by atoms with van der Waals surface area (Å²) in [4.78, 5) is 9.31. The lowest BCUT2D eigenvalue weighted by Crippen LogP contribution is -1.74. The van der Waals surface area contributed by atoms with Crippen molar-refractivity contribution in [3.05, 3.63) is 45.7 Å². The second kappa shape index (κ2) is 4.35. The van der Waals surface area contributed by atoms with Crippen LogP contribution in [-0.2, 0) is 0 Å². The first-order valence-corrected chi connectivity index (χ1v) is 5.24. The molecule has 2 aromatic heterocycles. The summed E-state index contributed by atoms with van der Waals surface area (Å²) in [6.07, 6.45) is 3.48. The summed E-state index contributed by atoms with van der Waals surface area (Å²) in [7, 11) is 0. The molecule has 0 aliphatic rings. The Bertz CT molecular complexity index is 436. The molecule has 0 saturated carbocycles.